The smallest absolute Gasteiger partial charge is 0.170 e. The van der Waals surface area contributed by atoms with Crippen LogP contribution in [0.3, 0.4) is 0 Å². The first kappa shape index (κ1) is 11.1. The normalized spacial score (nSPS) is 11.2. The Kier molecular flexibility index (Phi) is 3.25. The van der Waals surface area contributed by atoms with Gasteiger partial charge in [0.2, 0.25) is 0 Å². The summed E-state index contributed by atoms with van der Waals surface area (Å²) in [5, 5.41) is 4.10. The van der Waals surface area contributed by atoms with Crippen LogP contribution in [0.1, 0.15) is 24.7 Å². The molecule has 0 atom stereocenters. The van der Waals surface area contributed by atoms with E-state index in [1.807, 2.05) is 13.0 Å². The van der Waals surface area contributed by atoms with Crippen molar-refractivity contribution in [1.29, 1.82) is 0 Å². The molecule has 2 rings (SSSR count). The summed E-state index contributed by atoms with van der Waals surface area (Å²) in [4.78, 5) is 0. The van der Waals surface area contributed by atoms with Crippen LogP contribution in [0.15, 0.2) is 22.6 Å². The van der Waals surface area contributed by atoms with Crippen LogP contribution in [0, 0.1) is 12.7 Å². The minimum absolute atomic E-state index is 0.289. The highest BCUT2D eigenvalue weighted by atomic mass is 19.1. The van der Waals surface area contributed by atoms with Gasteiger partial charge < -0.3 is 9.73 Å². The summed E-state index contributed by atoms with van der Waals surface area (Å²) in [6.45, 7) is 5.66. The summed E-state index contributed by atoms with van der Waals surface area (Å²) >= 11 is 0. The lowest BCUT2D eigenvalue weighted by Crippen LogP contribution is -2.12. The Bertz CT molecular complexity index is 451. The summed E-state index contributed by atoms with van der Waals surface area (Å²) in [5.41, 5.74) is 1.41. The molecule has 1 N–H and O–H groups in total. The number of benzene rings is 1. The van der Waals surface area contributed by atoms with Crippen molar-refractivity contribution in [3.8, 4) is 0 Å². The number of furan rings is 1. The van der Waals surface area contributed by atoms with Crippen LogP contribution >= 0.6 is 0 Å². The Balaban J connectivity index is 2.29. The molecule has 0 saturated carbocycles. The van der Waals surface area contributed by atoms with Gasteiger partial charge in [-0.05, 0) is 37.6 Å². The molecule has 86 valence electrons. The fourth-order valence-electron chi connectivity index (χ4n) is 1.75. The molecule has 1 aromatic carbocycles. The highest BCUT2D eigenvalue weighted by molar-refractivity contribution is 5.82. The summed E-state index contributed by atoms with van der Waals surface area (Å²) in [7, 11) is 0. The number of rotatable bonds is 4. The zero-order valence-electron chi connectivity index (χ0n) is 9.64. The van der Waals surface area contributed by atoms with E-state index in [-0.39, 0.29) is 5.82 Å². The molecule has 0 spiro atoms. The van der Waals surface area contributed by atoms with E-state index in [1.165, 1.54) is 6.07 Å². The maximum Gasteiger partial charge on any atom is 0.170 e. The molecule has 0 fully saturated rings. The quantitative estimate of drug-likeness (QED) is 0.801. The zero-order chi connectivity index (χ0) is 11.5. The van der Waals surface area contributed by atoms with Gasteiger partial charge in [0.1, 0.15) is 5.76 Å². The van der Waals surface area contributed by atoms with Crippen LogP contribution in [0.2, 0.25) is 0 Å². The molecular weight excluding hydrogens is 205 g/mol. The fraction of sp³-hybridized carbons (Fsp3) is 0.385. The number of aryl methyl sites for hydroxylation is 1. The van der Waals surface area contributed by atoms with Gasteiger partial charge in [-0.15, -0.1) is 0 Å². The summed E-state index contributed by atoms with van der Waals surface area (Å²) in [5.74, 6) is 0.499. The first-order valence-electron chi connectivity index (χ1n) is 5.60. The SMILES string of the molecule is CCCNCc1cc2c(C)ccc(F)c2o1. The molecule has 0 radical (unpaired) electrons. The van der Waals surface area contributed by atoms with Gasteiger partial charge in [-0.3, -0.25) is 0 Å². The van der Waals surface area contributed by atoms with Crippen LogP contribution in [-0.2, 0) is 6.54 Å². The summed E-state index contributed by atoms with van der Waals surface area (Å²) in [6, 6.07) is 5.14. The van der Waals surface area contributed by atoms with Crippen molar-refractivity contribution in [2.75, 3.05) is 6.54 Å². The van der Waals surface area contributed by atoms with Crippen molar-refractivity contribution in [2.45, 2.75) is 26.8 Å². The molecule has 1 aromatic heterocycles. The first-order chi connectivity index (χ1) is 7.72. The van der Waals surface area contributed by atoms with Gasteiger partial charge in [0.15, 0.2) is 11.4 Å². The second kappa shape index (κ2) is 4.66. The third-order valence-electron chi connectivity index (χ3n) is 2.63. The summed E-state index contributed by atoms with van der Waals surface area (Å²) < 4.78 is 18.9. The van der Waals surface area contributed by atoms with E-state index in [0.29, 0.717) is 12.1 Å². The molecule has 0 aliphatic heterocycles. The molecule has 2 aromatic rings. The highest BCUT2D eigenvalue weighted by Crippen LogP contribution is 2.25. The minimum atomic E-state index is -0.289. The lowest BCUT2D eigenvalue weighted by Gasteiger charge is -1.97. The van der Waals surface area contributed by atoms with Gasteiger partial charge >= 0.3 is 0 Å². The van der Waals surface area contributed by atoms with E-state index in [9.17, 15) is 4.39 Å². The summed E-state index contributed by atoms with van der Waals surface area (Å²) in [6.07, 6.45) is 1.08. The van der Waals surface area contributed by atoms with Gasteiger partial charge in [-0.1, -0.05) is 13.0 Å². The standard InChI is InChI=1S/C13H16FNO/c1-3-6-15-8-10-7-11-9(2)4-5-12(14)13(11)16-10/h4-5,7,15H,3,6,8H2,1-2H3. The fourth-order valence-corrected chi connectivity index (χ4v) is 1.75. The van der Waals surface area contributed by atoms with Crippen molar-refractivity contribution in [2.24, 2.45) is 0 Å². The van der Waals surface area contributed by atoms with E-state index in [2.05, 4.69) is 12.2 Å². The third kappa shape index (κ3) is 2.09. The van der Waals surface area contributed by atoms with Gasteiger partial charge in [0.25, 0.3) is 0 Å². The van der Waals surface area contributed by atoms with E-state index in [1.54, 1.807) is 6.07 Å². The molecule has 3 heteroatoms. The Hall–Kier alpha value is -1.35. The molecule has 0 aliphatic rings. The van der Waals surface area contributed by atoms with Crippen molar-refractivity contribution < 1.29 is 8.81 Å². The number of halogens is 1. The van der Waals surface area contributed by atoms with Crippen LogP contribution in [0.5, 0.6) is 0 Å². The van der Waals surface area contributed by atoms with Crippen molar-refractivity contribution in [1.82, 2.24) is 5.32 Å². The zero-order valence-corrected chi connectivity index (χ0v) is 9.64. The number of hydrogen-bond acceptors (Lipinski definition) is 2. The lowest BCUT2D eigenvalue weighted by molar-refractivity contribution is 0.495. The molecule has 0 unspecified atom stereocenters. The van der Waals surface area contributed by atoms with Crippen molar-refractivity contribution in [3.05, 3.63) is 35.3 Å². The average Bonchev–Trinajstić information content (AvgIpc) is 2.69. The third-order valence-corrected chi connectivity index (χ3v) is 2.63. The molecule has 0 amide bonds. The predicted octanol–water partition coefficient (Wildman–Crippen LogP) is 3.38. The second-order valence-electron chi connectivity index (χ2n) is 4.00. The second-order valence-corrected chi connectivity index (χ2v) is 4.00. The Morgan fingerprint density at radius 3 is 2.88 bits per heavy atom. The lowest BCUT2D eigenvalue weighted by atomic mass is 10.1. The van der Waals surface area contributed by atoms with Crippen LogP contribution < -0.4 is 5.32 Å². The van der Waals surface area contributed by atoms with Crippen molar-refractivity contribution >= 4 is 11.0 Å². The predicted molar refractivity (Wildman–Crippen MR) is 62.9 cm³/mol. The highest BCUT2D eigenvalue weighted by Gasteiger charge is 2.09. The molecule has 16 heavy (non-hydrogen) atoms. The molecular formula is C13H16FNO. The monoisotopic (exact) mass is 221 g/mol. The molecule has 0 aliphatic carbocycles. The van der Waals surface area contributed by atoms with Gasteiger partial charge in [0.05, 0.1) is 6.54 Å². The van der Waals surface area contributed by atoms with Crippen molar-refractivity contribution in [3.63, 3.8) is 0 Å². The van der Waals surface area contributed by atoms with Gasteiger partial charge in [0, 0.05) is 5.39 Å². The number of nitrogens with one attached hydrogen (secondary N) is 1. The van der Waals surface area contributed by atoms with E-state index in [4.69, 9.17) is 4.42 Å². The Morgan fingerprint density at radius 2 is 2.19 bits per heavy atom. The van der Waals surface area contributed by atoms with Crippen LogP contribution in [0.25, 0.3) is 11.0 Å². The molecule has 0 bridgehead atoms. The van der Waals surface area contributed by atoms with E-state index >= 15 is 0 Å². The largest absolute Gasteiger partial charge is 0.457 e. The Labute approximate surface area is 94.4 Å². The number of fused-ring (bicyclic) bond motifs is 1. The Morgan fingerprint density at radius 1 is 1.38 bits per heavy atom. The first-order valence-corrected chi connectivity index (χ1v) is 5.60. The van der Waals surface area contributed by atoms with Gasteiger partial charge in [-0.25, -0.2) is 4.39 Å². The van der Waals surface area contributed by atoms with Gasteiger partial charge in [-0.2, -0.15) is 0 Å². The topological polar surface area (TPSA) is 25.2 Å². The molecule has 1 heterocycles. The maximum absolute atomic E-state index is 13.5. The number of hydrogen-bond donors (Lipinski definition) is 1. The van der Waals surface area contributed by atoms with Crippen LogP contribution in [0.4, 0.5) is 4.39 Å². The molecule has 0 saturated heterocycles. The van der Waals surface area contributed by atoms with Crippen LogP contribution in [-0.4, -0.2) is 6.54 Å². The van der Waals surface area contributed by atoms with E-state index in [0.717, 1.165) is 29.7 Å². The van der Waals surface area contributed by atoms with E-state index < -0.39 is 0 Å². The average molecular weight is 221 g/mol. The maximum atomic E-state index is 13.5. The molecule has 2 nitrogen and oxygen atoms in total. The minimum Gasteiger partial charge on any atom is -0.457 e.